The number of likely N-dealkylation sites (N-methyl/N-ethyl adjacent to an activating group) is 1. The first kappa shape index (κ1) is 22.4. The number of aliphatic hydroxyl groups is 1. The molecule has 152 valence electrons. The summed E-state index contributed by atoms with van der Waals surface area (Å²) in [5.74, 6) is 0. The van der Waals surface area contributed by atoms with Crippen molar-refractivity contribution in [3.05, 3.63) is 66.2 Å². The Hall–Kier alpha value is -2.87. The lowest BCUT2D eigenvalue weighted by Gasteiger charge is -2.19. The fourth-order valence-corrected chi connectivity index (χ4v) is 3.28. The van der Waals surface area contributed by atoms with Gasteiger partial charge in [-0.05, 0) is 52.7 Å². The van der Waals surface area contributed by atoms with Gasteiger partial charge in [0.2, 0.25) is 0 Å². The number of nitriles is 1. The van der Waals surface area contributed by atoms with E-state index in [0.717, 1.165) is 41.8 Å². The van der Waals surface area contributed by atoms with Crippen LogP contribution >= 0.6 is 0 Å². The zero-order valence-electron chi connectivity index (χ0n) is 17.7. The first-order chi connectivity index (χ1) is 14.2. The van der Waals surface area contributed by atoms with Gasteiger partial charge in [-0.15, -0.1) is 0 Å². The molecule has 0 saturated carbocycles. The molecule has 0 amide bonds. The van der Waals surface area contributed by atoms with Crippen LogP contribution in [0.5, 0.6) is 0 Å². The fraction of sp³-hybridized carbons (Fsp3) is 0.320. The third kappa shape index (κ3) is 6.05. The summed E-state index contributed by atoms with van der Waals surface area (Å²) in [7, 11) is 0. The number of fused-ring (bicyclic) bond motifs is 1. The van der Waals surface area contributed by atoms with E-state index >= 15 is 0 Å². The van der Waals surface area contributed by atoms with Crippen LogP contribution in [-0.4, -0.2) is 42.8 Å². The minimum atomic E-state index is 0.196. The van der Waals surface area contributed by atoms with Gasteiger partial charge in [0.15, 0.2) is 0 Å². The van der Waals surface area contributed by atoms with E-state index in [-0.39, 0.29) is 6.61 Å². The number of hydrogen-bond donors (Lipinski definition) is 2. The molecule has 29 heavy (non-hydrogen) atoms. The number of benzene rings is 3. The van der Waals surface area contributed by atoms with Crippen molar-refractivity contribution in [2.45, 2.75) is 20.8 Å². The standard InChI is InChI=1S/C23H25N3O.C2H6/c1-2-26(13-14-27)12-11-25-22-10-9-18-15-20(8-7-19(18)16-22)23-6-4-3-5-21(23)17-24;1-2/h3-10,15-16,25,27H,2,11-14H2,1H3;1-2H3. The van der Waals surface area contributed by atoms with E-state index in [9.17, 15) is 5.26 Å². The van der Waals surface area contributed by atoms with Crippen LogP contribution in [0.2, 0.25) is 0 Å². The van der Waals surface area contributed by atoms with Crippen molar-refractivity contribution in [2.75, 3.05) is 38.1 Å². The van der Waals surface area contributed by atoms with Gasteiger partial charge in [-0.1, -0.05) is 57.2 Å². The van der Waals surface area contributed by atoms with E-state index in [1.807, 2.05) is 38.1 Å². The van der Waals surface area contributed by atoms with Crippen LogP contribution in [0.25, 0.3) is 21.9 Å². The lowest BCUT2D eigenvalue weighted by atomic mass is 9.97. The minimum Gasteiger partial charge on any atom is -0.395 e. The molecule has 0 saturated heterocycles. The summed E-state index contributed by atoms with van der Waals surface area (Å²) in [4.78, 5) is 2.22. The van der Waals surface area contributed by atoms with E-state index in [0.29, 0.717) is 12.1 Å². The number of anilines is 1. The van der Waals surface area contributed by atoms with Crippen molar-refractivity contribution in [3.8, 4) is 17.2 Å². The number of nitrogens with one attached hydrogen (secondary N) is 1. The summed E-state index contributed by atoms with van der Waals surface area (Å²) in [6.07, 6.45) is 0. The number of aliphatic hydroxyl groups excluding tert-OH is 1. The summed E-state index contributed by atoms with van der Waals surface area (Å²) in [5, 5.41) is 24.2. The Balaban J connectivity index is 0.00000145. The average molecular weight is 390 g/mol. The molecule has 0 aromatic heterocycles. The van der Waals surface area contributed by atoms with E-state index in [2.05, 4.69) is 59.6 Å². The highest BCUT2D eigenvalue weighted by molar-refractivity contribution is 5.90. The zero-order valence-corrected chi connectivity index (χ0v) is 17.7. The van der Waals surface area contributed by atoms with Crippen LogP contribution in [0.4, 0.5) is 5.69 Å². The van der Waals surface area contributed by atoms with E-state index in [1.165, 1.54) is 5.39 Å². The predicted octanol–water partition coefficient (Wildman–Crippen LogP) is 5.13. The van der Waals surface area contributed by atoms with Gasteiger partial charge in [-0.3, -0.25) is 4.90 Å². The maximum Gasteiger partial charge on any atom is 0.0998 e. The monoisotopic (exact) mass is 389 g/mol. The van der Waals surface area contributed by atoms with Gasteiger partial charge < -0.3 is 10.4 Å². The Morgan fingerprint density at radius 3 is 2.41 bits per heavy atom. The van der Waals surface area contributed by atoms with E-state index in [4.69, 9.17) is 5.11 Å². The number of rotatable bonds is 8. The summed E-state index contributed by atoms with van der Waals surface area (Å²) in [6, 6.07) is 22.6. The molecule has 2 N–H and O–H groups in total. The average Bonchev–Trinajstić information content (AvgIpc) is 2.79. The molecule has 3 aromatic carbocycles. The van der Waals surface area contributed by atoms with E-state index < -0.39 is 0 Å². The number of nitrogens with zero attached hydrogens (tertiary/aromatic N) is 2. The molecule has 4 nitrogen and oxygen atoms in total. The number of hydrogen-bond acceptors (Lipinski definition) is 4. The first-order valence-electron chi connectivity index (χ1n) is 10.4. The van der Waals surface area contributed by atoms with Gasteiger partial charge in [0.1, 0.15) is 0 Å². The molecule has 0 unspecified atom stereocenters. The molecule has 3 aromatic rings. The molecule has 0 heterocycles. The van der Waals surface area contributed by atoms with Gasteiger partial charge in [0.05, 0.1) is 18.2 Å². The normalized spacial score (nSPS) is 10.3. The Labute approximate surface area is 174 Å². The SMILES string of the molecule is CC.CCN(CCO)CCNc1ccc2cc(-c3ccccc3C#N)ccc2c1. The Morgan fingerprint density at radius 1 is 0.966 bits per heavy atom. The van der Waals surface area contributed by atoms with Crippen LogP contribution in [0.15, 0.2) is 60.7 Å². The third-order valence-corrected chi connectivity index (χ3v) is 4.82. The Kier molecular flexibility index (Phi) is 9.17. The second kappa shape index (κ2) is 11.9. The van der Waals surface area contributed by atoms with Crippen molar-refractivity contribution in [1.82, 2.24) is 4.90 Å². The maximum absolute atomic E-state index is 9.33. The second-order valence-corrected chi connectivity index (χ2v) is 6.52. The molecule has 0 spiro atoms. The van der Waals surface area contributed by atoms with Crippen LogP contribution in [0, 0.1) is 11.3 Å². The zero-order chi connectivity index (χ0) is 21.1. The third-order valence-electron chi connectivity index (χ3n) is 4.82. The van der Waals surface area contributed by atoms with Gasteiger partial charge in [-0.25, -0.2) is 0 Å². The molecule has 0 aliphatic carbocycles. The quantitative estimate of drug-likeness (QED) is 0.561. The highest BCUT2D eigenvalue weighted by Gasteiger charge is 2.06. The van der Waals surface area contributed by atoms with Crippen molar-refractivity contribution >= 4 is 16.5 Å². The van der Waals surface area contributed by atoms with Crippen LogP contribution < -0.4 is 5.32 Å². The summed E-state index contributed by atoms with van der Waals surface area (Å²) >= 11 is 0. The molecular formula is C25H31N3O. The molecule has 4 heteroatoms. The second-order valence-electron chi connectivity index (χ2n) is 6.52. The smallest absolute Gasteiger partial charge is 0.0998 e. The van der Waals surface area contributed by atoms with Gasteiger partial charge in [-0.2, -0.15) is 5.26 Å². The van der Waals surface area contributed by atoms with Crippen molar-refractivity contribution in [3.63, 3.8) is 0 Å². The molecular weight excluding hydrogens is 358 g/mol. The largest absolute Gasteiger partial charge is 0.395 e. The molecule has 0 aliphatic heterocycles. The van der Waals surface area contributed by atoms with Crippen LogP contribution in [-0.2, 0) is 0 Å². The van der Waals surface area contributed by atoms with E-state index in [1.54, 1.807) is 0 Å². The molecule has 0 bridgehead atoms. The van der Waals surface area contributed by atoms with Crippen molar-refractivity contribution in [2.24, 2.45) is 0 Å². The molecule has 3 rings (SSSR count). The predicted molar refractivity (Wildman–Crippen MR) is 123 cm³/mol. The minimum absolute atomic E-state index is 0.196. The van der Waals surface area contributed by atoms with Gasteiger partial charge in [0, 0.05) is 25.3 Å². The lowest BCUT2D eigenvalue weighted by Crippen LogP contribution is -2.31. The highest BCUT2D eigenvalue weighted by atomic mass is 16.3. The Morgan fingerprint density at radius 2 is 1.69 bits per heavy atom. The van der Waals surface area contributed by atoms with Gasteiger partial charge >= 0.3 is 0 Å². The summed E-state index contributed by atoms with van der Waals surface area (Å²) in [6.45, 7) is 9.69. The summed E-state index contributed by atoms with van der Waals surface area (Å²) < 4.78 is 0. The maximum atomic E-state index is 9.33. The fourth-order valence-electron chi connectivity index (χ4n) is 3.28. The first-order valence-corrected chi connectivity index (χ1v) is 10.4. The molecule has 0 fully saturated rings. The molecule has 0 atom stereocenters. The highest BCUT2D eigenvalue weighted by Crippen LogP contribution is 2.28. The van der Waals surface area contributed by atoms with Crippen LogP contribution in [0.1, 0.15) is 26.3 Å². The van der Waals surface area contributed by atoms with Crippen molar-refractivity contribution < 1.29 is 5.11 Å². The summed E-state index contributed by atoms with van der Waals surface area (Å²) in [5.41, 5.74) is 3.81. The lowest BCUT2D eigenvalue weighted by molar-refractivity contribution is 0.206. The topological polar surface area (TPSA) is 59.3 Å². The van der Waals surface area contributed by atoms with Gasteiger partial charge in [0.25, 0.3) is 0 Å². The van der Waals surface area contributed by atoms with Crippen molar-refractivity contribution in [1.29, 1.82) is 5.26 Å². The molecule has 0 aliphatic rings. The Bertz CT molecular complexity index is 946. The molecule has 0 radical (unpaired) electrons. The van der Waals surface area contributed by atoms with Crippen LogP contribution in [0.3, 0.4) is 0 Å².